The zero-order valence-corrected chi connectivity index (χ0v) is 11.7. The lowest BCUT2D eigenvalue weighted by atomic mass is 10.0. The summed E-state index contributed by atoms with van der Waals surface area (Å²) in [6.45, 7) is 1.30. The van der Waals surface area contributed by atoms with Gasteiger partial charge in [-0.3, -0.25) is 4.79 Å². The van der Waals surface area contributed by atoms with Crippen LogP contribution in [0, 0.1) is 12.1 Å². The highest BCUT2D eigenvalue weighted by Gasteiger charge is 2.18. The molecule has 0 bridgehead atoms. The van der Waals surface area contributed by atoms with Gasteiger partial charge in [0, 0.05) is 23.8 Å². The molecule has 20 heavy (non-hydrogen) atoms. The second-order valence-corrected chi connectivity index (χ2v) is 5.27. The highest BCUT2D eigenvalue weighted by Crippen LogP contribution is 2.23. The van der Waals surface area contributed by atoms with Crippen LogP contribution < -0.4 is 5.32 Å². The van der Waals surface area contributed by atoms with Crippen molar-refractivity contribution in [1.29, 1.82) is 0 Å². The van der Waals surface area contributed by atoms with Crippen molar-refractivity contribution in [3.8, 4) is 10.4 Å². The molecule has 2 N–H and O–H groups in total. The van der Waals surface area contributed by atoms with Crippen LogP contribution in [0.15, 0.2) is 29.6 Å². The summed E-state index contributed by atoms with van der Waals surface area (Å²) in [4.78, 5) is 23.2. The molecule has 1 amide bonds. The van der Waals surface area contributed by atoms with E-state index in [1.54, 1.807) is 17.4 Å². The van der Waals surface area contributed by atoms with Crippen molar-refractivity contribution in [2.75, 3.05) is 0 Å². The van der Waals surface area contributed by atoms with E-state index < -0.39 is 12.0 Å². The zero-order chi connectivity index (χ0) is 14.5. The number of thiophene rings is 1. The third-order valence-corrected chi connectivity index (χ3v) is 3.60. The maximum atomic E-state index is 11.1. The van der Waals surface area contributed by atoms with Gasteiger partial charge in [0.15, 0.2) is 0 Å². The molecule has 1 atom stereocenters. The van der Waals surface area contributed by atoms with Gasteiger partial charge in [-0.25, -0.2) is 4.79 Å². The van der Waals surface area contributed by atoms with Crippen molar-refractivity contribution in [3.05, 3.63) is 47.3 Å². The van der Waals surface area contributed by atoms with Crippen LogP contribution in [0.4, 0.5) is 0 Å². The predicted molar refractivity (Wildman–Crippen MR) is 76.4 cm³/mol. The molecule has 0 aliphatic rings. The molecule has 0 fully saturated rings. The summed E-state index contributed by atoms with van der Waals surface area (Å²) >= 11 is 1.58. The molecular formula is C15H13NO3S. The molecule has 5 heteroatoms. The number of carboxylic acids is 1. The summed E-state index contributed by atoms with van der Waals surface area (Å²) in [5.74, 6) is -1.41. The van der Waals surface area contributed by atoms with E-state index >= 15 is 0 Å². The zero-order valence-electron chi connectivity index (χ0n) is 10.8. The van der Waals surface area contributed by atoms with Crippen molar-refractivity contribution in [1.82, 2.24) is 5.32 Å². The molecular weight excluding hydrogens is 274 g/mol. The fraction of sp³-hybridized carbons (Fsp3) is 0.200. The van der Waals surface area contributed by atoms with Crippen LogP contribution >= 0.6 is 11.3 Å². The van der Waals surface area contributed by atoms with E-state index in [4.69, 9.17) is 5.11 Å². The van der Waals surface area contributed by atoms with Gasteiger partial charge in [0.2, 0.25) is 5.91 Å². The number of carboxylic acid groups (broad SMARTS) is 1. The summed E-state index contributed by atoms with van der Waals surface area (Å²) < 4.78 is 0. The molecule has 4 nitrogen and oxygen atoms in total. The molecule has 1 aromatic carbocycles. The summed E-state index contributed by atoms with van der Waals surface area (Å²) in [5.41, 5.74) is 1.68. The topological polar surface area (TPSA) is 66.4 Å². The average molecular weight is 287 g/mol. The third-order valence-electron chi connectivity index (χ3n) is 2.70. The smallest absolute Gasteiger partial charge is 0.326 e. The summed E-state index contributed by atoms with van der Waals surface area (Å²) in [5, 5.41) is 13.5. The maximum absolute atomic E-state index is 11.1. The number of rotatable bonds is 5. The van der Waals surface area contributed by atoms with Gasteiger partial charge in [-0.05, 0) is 29.1 Å². The first-order chi connectivity index (χ1) is 9.56. The summed E-state index contributed by atoms with van der Waals surface area (Å²) in [6, 6.07) is 12.4. The molecule has 0 saturated heterocycles. The van der Waals surface area contributed by atoms with Crippen LogP contribution in [0.25, 0.3) is 10.4 Å². The van der Waals surface area contributed by atoms with E-state index in [-0.39, 0.29) is 12.3 Å². The average Bonchev–Trinajstić information content (AvgIpc) is 2.91. The van der Waals surface area contributed by atoms with Crippen molar-refractivity contribution >= 4 is 23.2 Å². The molecule has 1 heterocycles. The summed E-state index contributed by atoms with van der Waals surface area (Å²) in [6.07, 6.45) is 0.221. The molecule has 0 radical (unpaired) electrons. The lowest BCUT2D eigenvalue weighted by molar-refractivity contribution is -0.141. The van der Waals surface area contributed by atoms with Gasteiger partial charge in [-0.15, -0.1) is 11.3 Å². The number of hydrogen-bond acceptors (Lipinski definition) is 3. The largest absolute Gasteiger partial charge is 0.480 e. The van der Waals surface area contributed by atoms with Crippen molar-refractivity contribution in [2.45, 2.75) is 19.4 Å². The van der Waals surface area contributed by atoms with E-state index in [9.17, 15) is 9.59 Å². The van der Waals surface area contributed by atoms with Gasteiger partial charge < -0.3 is 10.4 Å². The number of nitrogens with one attached hydrogen (secondary N) is 1. The Hall–Kier alpha value is -2.32. The predicted octanol–water partition coefficient (Wildman–Crippen LogP) is 2.15. The standard InChI is InChI=1S/C15H13NO3S/c1-10(17)16-13(15(18)19)9-11-4-2-5-12(8-11)14-6-3-7-20-14/h3-4,6-8,13H,9H2,1H3,(H,16,17)(H,18,19). The Labute approximate surface area is 121 Å². The number of carbonyl (C=O) groups excluding carboxylic acids is 1. The molecule has 0 aliphatic heterocycles. The molecule has 0 saturated carbocycles. The lowest BCUT2D eigenvalue weighted by Crippen LogP contribution is -2.41. The number of hydrogen-bond donors (Lipinski definition) is 2. The second-order valence-electron chi connectivity index (χ2n) is 4.32. The molecule has 102 valence electrons. The van der Waals surface area contributed by atoms with Crippen molar-refractivity contribution < 1.29 is 14.7 Å². The maximum Gasteiger partial charge on any atom is 0.326 e. The van der Waals surface area contributed by atoms with Crippen molar-refractivity contribution in [2.24, 2.45) is 0 Å². The van der Waals surface area contributed by atoms with E-state index in [1.165, 1.54) is 6.92 Å². The van der Waals surface area contributed by atoms with Crippen molar-refractivity contribution in [3.63, 3.8) is 0 Å². The van der Waals surface area contributed by atoms with E-state index in [2.05, 4.69) is 17.4 Å². The first kappa shape index (κ1) is 14.1. The molecule has 1 unspecified atom stereocenters. The minimum absolute atomic E-state index is 0.221. The number of amides is 1. The van der Waals surface area contributed by atoms with Crippen LogP contribution in [0.3, 0.4) is 0 Å². The Balaban J connectivity index is 2.18. The lowest BCUT2D eigenvalue weighted by Gasteiger charge is -2.12. The summed E-state index contributed by atoms with van der Waals surface area (Å²) in [7, 11) is 0. The Bertz CT molecular complexity index is 607. The quantitative estimate of drug-likeness (QED) is 0.885. The van der Waals surface area contributed by atoms with Crippen LogP contribution in [0.2, 0.25) is 0 Å². The van der Waals surface area contributed by atoms with Gasteiger partial charge >= 0.3 is 5.97 Å². The number of carbonyl (C=O) groups is 2. The van der Waals surface area contributed by atoms with E-state index in [0.717, 1.165) is 16.0 Å². The van der Waals surface area contributed by atoms with E-state index in [0.29, 0.717) is 0 Å². The van der Waals surface area contributed by atoms with Gasteiger partial charge in [0.1, 0.15) is 6.04 Å². The van der Waals surface area contributed by atoms with Crippen LogP contribution in [-0.2, 0) is 16.0 Å². The minimum atomic E-state index is -1.05. The molecule has 0 aliphatic carbocycles. The highest BCUT2D eigenvalue weighted by atomic mass is 32.1. The van der Waals surface area contributed by atoms with E-state index in [1.807, 2.05) is 23.6 Å². The normalized spacial score (nSPS) is 11.4. The van der Waals surface area contributed by atoms with Crippen LogP contribution in [-0.4, -0.2) is 23.0 Å². The Morgan fingerprint density at radius 3 is 2.90 bits per heavy atom. The Morgan fingerprint density at radius 1 is 1.50 bits per heavy atom. The molecule has 1 aromatic heterocycles. The highest BCUT2D eigenvalue weighted by molar-refractivity contribution is 7.13. The number of aliphatic carboxylic acids is 1. The SMILES string of the molecule is CC(=O)NC(Cc1cc#cc(-c2cccs2)c1)C(=O)O. The Kier molecular flexibility index (Phi) is 4.38. The van der Waals surface area contributed by atoms with Gasteiger partial charge in [-0.1, -0.05) is 18.2 Å². The first-order valence-electron chi connectivity index (χ1n) is 6.02. The molecule has 2 aromatic rings. The molecule has 2 rings (SSSR count). The van der Waals surface area contributed by atoms with Gasteiger partial charge in [-0.2, -0.15) is 0 Å². The van der Waals surface area contributed by atoms with Gasteiger partial charge in [0.25, 0.3) is 0 Å². The van der Waals surface area contributed by atoms with Crippen LogP contribution in [0.1, 0.15) is 12.5 Å². The molecule has 0 spiro atoms. The fourth-order valence-corrected chi connectivity index (χ4v) is 2.53. The second kappa shape index (κ2) is 6.22. The van der Waals surface area contributed by atoms with Gasteiger partial charge in [0.05, 0.1) is 0 Å². The van der Waals surface area contributed by atoms with Crippen LogP contribution in [0.5, 0.6) is 0 Å². The monoisotopic (exact) mass is 287 g/mol. The third kappa shape index (κ3) is 3.59. The minimum Gasteiger partial charge on any atom is -0.480 e. The Morgan fingerprint density at radius 2 is 2.30 bits per heavy atom. The fourth-order valence-electron chi connectivity index (χ4n) is 1.83. The first-order valence-corrected chi connectivity index (χ1v) is 6.90.